The van der Waals surface area contributed by atoms with Gasteiger partial charge in [-0.1, -0.05) is 46.5 Å². The molecule has 4 aliphatic rings. The Morgan fingerprint density at radius 1 is 0.840 bits per heavy atom. The molecule has 0 aromatic rings. The molecular weight excluding hydrogens is 304 g/mol. The number of carbonyl (C=O) groups excluding carboxylic acids is 1. The van der Waals surface area contributed by atoms with Crippen LogP contribution in [0, 0.1) is 40.4 Å². The number of carbonyl (C=O) groups is 1. The highest BCUT2D eigenvalue weighted by Gasteiger charge is 2.59. The van der Waals surface area contributed by atoms with E-state index in [1.807, 2.05) is 6.79 Å². The third-order valence-corrected chi connectivity index (χ3v) is 9.69. The van der Waals surface area contributed by atoms with Gasteiger partial charge in [0.15, 0.2) is 0 Å². The highest BCUT2D eigenvalue weighted by atomic mass is 16.1. The molecule has 7 atom stereocenters. The summed E-state index contributed by atoms with van der Waals surface area (Å²) in [4.78, 5) is 8.00. The molecule has 25 heavy (non-hydrogen) atoms. The number of hydrogen-bond donors (Lipinski definition) is 0. The predicted molar refractivity (Wildman–Crippen MR) is 106 cm³/mol. The zero-order chi connectivity index (χ0) is 18.1. The van der Waals surface area contributed by atoms with Gasteiger partial charge in [-0.2, -0.15) is 0 Å². The van der Waals surface area contributed by atoms with Gasteiger partial charge >= 0.3 is 0 Å². The summed E-state index contributed by atoms with van der Waals surface area (Å²) in [6, 6.07) is 0. The molecule has 0 aromatic heterocycles. The summed E-state index contributed by atoms with van der Waals surface area (Å²) in [6.07, 6.45) is 20.0. The number of hydrogen-bond acceptors (Lipinski definition) is 1. The molecule has 4 rings (SSSR count). The molecule has 0 saturated heterocycles. The van der Waals surface area contributed by atoms with E-state index in [2.05, 4.69) is 20.8 Å². The highest BCUT2D eigenvalue weighted by Crippen LogP contribution is 2.67. The van der Waals surface area contributed by atoms with Gasteiger partial charge in [0.25, 0.3) is 0 Å². The monoisotopic (exact) mass is 346 g/mol. The van der Waals surface area contributed by atoms with Crippen LogP contribution in [0.5, 0.6) is 0 Å². The van der Waals surface area contributed by atoms with E-state index in [0.717, 1.165) is 35.0 Å². The van der Waals surface area contributed by atoms with Gasteiger partial charge in [0, 0.05) is 0 Å². The van der Waals surface area contributed by atoms with E-state index in [-0.39, 0.29) is 0 Å². The van der Waals surface area contributed by atoms with Crippen molar-refractivity contribution in [2.45, 2.75) is 104 Å². The third-order valence-electron chi connectivity index (χ3n) is 9.69. The van der Waals surface area contributed by atoms with Crippen molar-refractivity contribution < 1.29 is 4.79 Å². The Bertz CT molecular complexity index is 445. The molecule has 144 valence electrons. The Kier molecular flexibility index (Phi) is 6.01. The second-order valence-electron chi connectivity index (χ2n) is 10.4. The Labute approximate surface area is 156 Å². The van der Waals surface area contributed by atoms with Crippen LogP contribution in [0.1, 0.15) is 104 Å². The lowest BCUT2D eigenvalue weighted by atomic mass is 9.45. The van der Waals surface area contributed by atoms with Crippen LogP contribution < -0.4 is 0 Å². The molecule has 0 radical (unpaired) electrons. The van der Waals surface area contributed by atoms with Crippen molar-refractivity contribution in [3.8, 4) is 0 Å². The summed E-state index contributed by atoms with van der Waals surface area (Å²) in [6.45, 7) is 9.81. The summed E-state index contributed by atoms with van der Waals surface area (Å²) in [5.74, 6) is 5.41. The van der Waals surface area contributed by atoms with E-state index in [1.165, 1.54) is 32.1 Å². The van der Waals surface area contributed by atoms with Crippen LogP contribution in [-0.4, -0.2) is 6.79 Å². The molecule has 0 amide bonds. The average molecular weight is 347 g/mol. The molecule has 0 aliphatic heterocycles. The normalized spacial score (nSPS) is 48.5. The molecule has 4 fully saturated rings. The minimum Gasteiger partial charge on any atom is -0.307 e. The first-order chi connectivity index (χ1) is 12.1. The Hall–Kier alpha value is -0.330. The Morgan fingerprint density at radius 3 is 2.36 bits per heavy atom. The van der Waals surface area contributed by atoms with Crippen molar-refractivity contribution in [3.05, 3.63) is 0 Å². The van der Waals surface area contributed by atoms with Crippen molar-refractivity contribution in [1.29, 1.82) is 0 Å². The fourth-order valence-electron chi connectivity index (χ4n) is 8.33. The number of rotatable bonds is 3. The molecule has 4 saturated carbocycles. The fourth-order valence-corrected chi connectivity index (χ4v) is 8.33. The lowest BCUT2D eigenvalue weighted by Gasteiger charge is -2.60. The first kappa shape index (κ1) is 19.4. The quantitative estimate of drug-likeness (QED) is 0.535. The van der Waals surface area contributed by atoms with Crippen molar-refractivity contribution in [1.82, 2.24) is 0 Å². The fraction of sp³-hybridized carbons (Fsp3) is 0.958. The van der Waals surface area contributed by atoms with Gasteiger partial charge in [0.05, 0.1) is 0 Å². The van der Waals surface area contributed by atoms with Gasteiger partial charge in [0.2, 0.25) is 0 Å². The van der Waals surface area contributed by atoms with E-state index >= 15 is 0 Å². The first-order valence-corrected chi connectivity index (χ1v) is 11.4. The summed E-state index contributed by atoms with van der Waals surface area (Å²) in [5.41, 5.74) is 1.44. The van der Waals surface area contributed by atoms with Crippen LogP contribution in [0.25, 0.3) is 0 Å². The van der Waals surface area contributed by atoms with Crippen LogP contribution in [0.4, 0.5) is 0 Å². The molecule has 0 aromatic carbocycles. The van der Waals surface area contributed by atoms with E-state index in [0.29, 0.717) is 5.41 Å². The van der Waals surface area contributed by atoms with E-state index in [4.69, 9.17) is 4.79 Å². The summed E-state index contributed by atoms with van der Waals surface area (Å²) < 4.78 is 0. The van der Waals surface area contributed by atoms with Crippen LogP contribution in [0.2, 0.25) is 0 Å². The Balaban J connectivity index is 0.000000880. The minimum absolute atomic E-state index is 0.716. The van der Waals surface area contributed by atoms with E-state index in [1.54, 1.807) is 51.4 Å². The molecule has 0 bridgehead atoms. The topological polar surface area (TPSA) is 17.1 Å². The summed E-state index contributed by atoms with van der Waals surface area (Å²) in [5, 5.41) is 0. The molecule has 1 nitrogen and oxygen atoms in total. The largest absolute Gasteiger partial charge is 0.307 e. The highest BCUT2D eigenvalue weighted by molar-refractivity contribution is 5.11. The standard InChI is InChI=1S/C23H40.CH2O/c1-4-5-8-17-11-13-20-19-12-10-18-9-6-7-15-22(18,2)21(19)14-16-23(17,20)3;1-2/h17-21H,4-16H2,1-3H3;1H2. The molecule has 4 aliphatic carbocycles. The smallest absolute Gasteiger partial charge is 0.106 e. The minimum atomic E-state index is 0.716. The van der Waals surface area contributed by atoms with Crippen LogP contribution in [0.3, 0.4) is 0 Å². The van der Waals surface area contributed by atoms with Crippen molar-refractivity contribution in [3.63, 3.8) is 0 Å². The maximum absolute atomic E-state index is 8.00. The van der Waals surface area contributed by atoms with Gasteiger partial charge in [0.1, 0.15) is 6.79 Å². The predicted octanol–water partition coefficient (Wildman–Crippen LogP) is 7.04. The lowest BCUT2D eigenvalue weighted by molar-refractivity contribution is -0.111. The Morgan fingerprint density at radius 2 is 1.60 bits per heavy atom. The van der Waals surface area contributed by atoms with Gasteiger partial charge in [-0.3, -0.25) is 0 Å². The molecule has 0 N–H and O–H groups in total. The maximum atomic E-state index is 8.00. The third kappa shape index (κ3) is 3.12. The molecule has 0 heterocycles. The maximum Gasteiger partial charge on any atom is 0.106 e. The lowest BCUT2D eigenvalue weighted by Crippen LogP contribution is -2.52. The van der Waals surface area contributed by atoms with Crippen molar-refractivity contribution >= 4 is 6.79 Å². The molecule has 0 spiro atoms. The molecular formula is C24H42O. The van der Waals surface area contributed by atoms with Gasteiger partial charge in [-0.15, -0.1) is 0 Å². The van der Waals surface area contributed by atoms with Crippen molar-refractivity contribution in [2.24, 2.45) is 40.4 Å². The van der Waals surface area contributed by atoms with Crippen LogP contribution >= 0.6 is 0 Å². The first-order valence-electron chi connectivity index (χ1n) is 11.4. The second-order valence-corrected chi connectivity index (χ2v) is 10.4. The van der Waals surface area contributed by atoms with Crippen LogP contribution in [0.15, 0.2) is 0 Å². The van der Waals surface area contributed by atoms with Gasteiger partial charge in [-0.25, -0.2) is 0 Å². The zero-order valence-corrected chi connectivity index (χ0v) is 17.2. The number of fused-ring (bicyclic) bond motifs is 5. The van der Waals surface area contributed by atoms with E-state index in [9.17, 15) is 0 Å². The average Bonchev–Trinajstić information content (AvgIpc) is 2.97. The number of unbranched alkanes of at least 4 members (excludes halogenated alkanes) is 1. The van der Waals surface area contributed by atoms with Gasteiger partial charge < -0.3 is 4.79 Å². The SMILES string of the molecule is C=O.CCCCC1CCC2C3CCC4CCCCC4(C)C3CCC12C. The zero-order valence-electron chi connectivity index (χ0n) is 17.2. The summed E-state index contributed by atoms with van der Waals surface area (Å²) in [7, 11) is 0. The second kappa shape index (κ2) is 7.73. The summed E-state index contributed by atoms with van der Waals surface area (Å²) >= 11 is 0. The van der Waals surface area contributed by atoms with Crippen molar-refractivity contribution in [2.75, 3.05) is 0 Å². The van der Waals surface area contributed by atoms with E-state index < -0.39 is 0 Å². The van der Waals surface area contributed by atoms with Gasteiger partial charge in [-0.05, 0) is 98.2 Å². The van der Waals surface area contributed by atoms with Crippen LogP contribution in [-0.2, 0) is 4.79 Å². The molecule has 7 unspecified atom stereocenters. The molecule has 1 heteroatoms.